The molecule has 0 fully saturated rings. The van der Waals surface area contributed by atoms with Crippen molar-refractivity contribution in [3.05, 3.63) is 0 Å². The molecule has 328 valence electrons. The van der Waals surface area contributed by atoms with Crippen molar-refractivity contribution in [2.24, 2.45) is 0 Å². The van der Waals surface area contributed by atoms with Gasteiger partial charge in [0.25, 0.3) is 0 Å². The molecule has 0 heterocycles. The lowest BCUT2D eigenvalue weighted by Crippen LogP contribution is -2.31. The third-order valence-electron chi connectivity index (χ3n) is 10.8. The topological polar surface area (TPSA) is 102 Å². The zero-order chi connectivity index (χ0) is 40.5. The van der Waals surface area contributed by atoms with E-state index in [2.05, 4.69) is 30.4 Å². The quantitative estimate of drug-likeness (QED) is 0.0483. The van der Waals surface area contributed by atoms with Gasteiger partial charge in [-0.1, -0.05) is 162 Å². The first-order chi connectivity index (χ1) is 26.7. The predicted molar refractivity (Wildman–Crippen MR) is 234 cm³/mol. The lowest BCUT2D eigenvalue weighted by Gasteiger charge is -2.22. The zero-order valence-corrected chi connectivity index (χ0v) is 37.8. The van der Waals surface area contributed by atoms with Gasteiger partial charge in [0.15, 0.2) is 0 Å². The van der Waals surface area contributed by atoms with Crippen LogP contribution in [0.3, 0.4) is 0 Å². The molecule has 0 amide bonds. The van der Waals surface area contributed by atoms with Crippen molar-refractivity contribution < 1.29 is 27.5 Å². The average molecular weight is 801 g/mol. The number of carbonyl (C=O) groups is 2. The molecule has 0 saturated heterocycles. The minimum absolute atomic E-state index is 0.00502. The van der Waals surface area contributed by atoms with Crippen LogP contribution in [0.2, 0.25) is 0 Å². The van der Waals surface area contributed by atoms with E-state index in [0.717, 1.165) is 116 Å². The van der Waals surface area contributed by atoms with E-state index in [1.807, 2.05) is 0 Å². The lowest BCUT2D eigenvalue weighted by molar-refractivity contribution is -0.150. The molecular weight excluding hydrogens is 709 g/mol. The van der Waals surface area contributed by atoms with E-state index >= 15 is 0 Å². The number of sulfonamides is 1. The van der Waals surface area contributed by atoms with Crippen LogP contribution in [0.15, 0.2) is 0 Å². The highest BCUT2D eigenvalue weighted by atomic mass is 32.2. The van der Waals surface area contributed by atoms with Crippen LogP contribution in [0.5, 0.6) is 0 Å². The van der Waals surface area contributed by atoms with Crippen molar-refractivity contribution in [1.29, 1.82) is 0 Å². The van der Waals surface area contributed by atoms with Crippen molar-refractivity contribution in [3.8, 4) is 0 Å². The van der Waals surface area contributed by atoms with E-state index in [1.165, 1.54) is 115 Å². The van der Waals surface area contributed by atoms with Gasteiger partial charge in [-0.05, 0) is 83.8 Å². The van der Waals surface area contributed by atoms with Gasteiger partial charge in [0.2, 0.25) is 10.0 Å². The van der Waals surface area contributed by atoms with Crippen LogP contribution in [0.25, 0.3) is 0 Å². The number of nitrogens with one attached hydrogen (secondary N) is 1. The van der Waals surface area contributed by atoms with Crippen molar-refractivity contribution >= 4 is 22.0 Å². The Kier molecular flexibility index (Phi) is 40.1. The first kappa shape index (κ1) is 53.8. The van der Waals surface area contributed by atoms with Gasteiger partial charge in [0, 0.05) is 19.4 Å². The number of hydrogen-bond donors (Lipinski definition) is 1. The summed E-state index contributed by atoms with van der Waals surface area (Å²) in [6, 6.07) is 0. The van der Waals surface area contributed by atoms with E-state index in [1.54, 1.807) is 0 Å². The van der Waals surface area contributed by atoms with E-state index in [0.29, 0.717) is 26.0 Å². The molecule has 0 rings (SSSR count). The molecule has 0 saturated carbocycles. The Bertz CT molecular complexity index is 931. The maximum atomic E-state index is 12.8. The highest BCUT2D eigenvalue weighted by Gasteiger charge is 2.14. The summed E-state index contributed by atoms with van der Waals surface area (Å²) in [7, 11) is -3.16. The summed E-state index contributed by atoms with van der Waals surface area (Å²) in [6.45, 7) is 10.7. The molecule has 1 N–H and O–H groups in total. The summed E-state index contributed by atoms with van der Waals surface area (Å²) in [5.41, 5.74) is 0. The van der Waals surface area contributed by atoms with Gasteiger partial charge in [-0.25, -0.2) is 13.1 Å². The fourth-order valence-corrected chi connectivity index (χ4v) is 7.81. The van der Waals surface area contributed by atoms with Crippen LogP contribution in [-0.4, -0.2) is 70.4 Å². The van der Waals surface area contributed by atoms with Crippen molar-refractivity contribution in [3.63, 3.8) is 0 Å². The molecule has 0 atom stereocenters. The smallest absolute Gasteiger partial charge is 0.306 e. The second kappa shape index (κ2) is 41.0. The van der Waals surface area contributed by atoms with E-state index in [4.69, 9.17) is 9.47 Å². The van der Waals surface area contributed by atoms with Gasteiger partial charge < -0.3 is 14.4 Å². The molecule has 8 nitrogen and oxygen atoms in total. The van der Waals surface area contributed by atoms with Gasteiger partial charge in [-0.3, -0.25) is 9.59 Å². The highest BCUT2D eigenvalue weighted by molar-refractivity contribution is 7.88. The van der Waals surface area contributed by atoms with Crippen LogP contribution in [0.1, 0.15) is 239 Å². The number of ether oxygens (including phenoxy) is 2. The Hall–Kier alpha value is -1.19. The second-order valence-corrected chi connectivity index (χ2v) is 18.3. The van der Waals surface area contributed by atoms with Gasteiger partial charge in [0.05, 0.1) is 12.9 Å². The Labute approximate surface area is 342 Å². The maximum absolute atomic E-state index is 12.8. The van der Waals surface area contributed by atoms with Gasteiger partial charge >= 0.3 is 11.9 Å². The minimum atomic E-state index is -3.16. The van der Waals surface area contributed by atoms with E-state index < -0.39 is 10.0 Å². The molecule has 9 heteroatoms. The molecule has 0 radical (unpaired) electrons. The number of nitrogens with zero attached hydrogens (tertiary/aromatic N) is 1. The van der Waals surface area contributed by atoms with Crippen molar-refractivity contribution in [1.82, 2.24) is 9.62 Å². The number of unbranched alkanes of at least 4 members (excludes halogenated alkanes) is 24. The highest BCUT2D eigenvalue weighted by Crippen LogP contribution is 2.18. The molecule has 55 heavy (non-hydrogen) atoms. The fourth-order valence-electron chi connectivity index (χ4n) is 7.29. The van der Waals surface area contributed by atoms with Crippen LogP contribution in [0, 0.1) is 0 Å². The second-order valence-electron chi connectivity index (χ2n) is 16.5. The van der Waals surface area contributed by atoms with E-state index in [9.17, 15) is 18.0 Å². The van der Waals surface area contributed by atoms with Crippen LogP contribution in [-0.2, 0) is 29.1 Å². The Balaban J connectivity index is 4.30. The number of rotatable bonds is 44. The van der Waals surface area contributed by atoms with Crippen LogP contribution < -0.4 is 4.72 Å². The maximum Gasteiger partial charge on any atom is 0.306 e. The lowest BCUT2D eigenvalue weighted by atomic mass is 10.0. The molecule has 0 aromatic carbocycles. The number of carbonyl (C=O) groups excluding carboxylic acids is 2. The molecule has 0 unspecified atom stereocenters. The molecule has 0 aliphatic rings. The fraction of sp³-hybridized carbons (Fsp3) is 0.957. The number of esters is 2. The minimum Gasteiger partial charge on any atom is -0.466 e. The van der Waals surface area contributed by atoms with Gasteiger partial charge in [-0.15, -0.1) is 0 Å². The summed E-state index contributed by atoms with van der Waals surface area (Å²) >= 11 is 0. The van der Waals surface area contributed by atoms with Gasteiger partial charge in [0.1, 0.15) is 6.10 Å². The molecule has 0 spiro atoms. The molecule has 0 aliphatic carbocycles. The summed E-state index contributed by atoms with van der Waals surface area (Å²) in [4.78, 5) is 27.3. The third kappa shape index (κ3) is 42.2. The van der Waals surface area contributed by atoms with Crippen molar-refractivity contribution in [2.75, 3.05) is 39.0 Å². The summed E-state index contributed by atoms with van der Waals surface area (Å²) in [5, 5.41) is 0. The monoisotopic (exact) mass is 801 g/mol. The SMILES string of the molecule is CCCCCCCCCOC(=O)CCCCCCCN(CCCCCCCC(=O)OC(CCCCCCCC)CCCCCCCC)CCCNS(C)(=O)=O. The first-order valence-corrected chi connectivity index (χ1v) is 25.6. The zero-order valence-electron chi connectivity index (χ0n) is 37.0. The predicted octanol–water partition coefficient (Wildman–Crippen LogP) is 12.6. The Morgan fingerprint density at radius 3 is 1.35 bits per heavy atom. The number of hydrogen-bond acceptors (Lipinski definition) is 7. The summed E-state index contributed by atoms with van der Waals surface area (Å²) < 4.78 is 37.1. The molecule has 0 bridgehead atoms. The molecule has 0 aromatic rings. The molecule has 0 aromatic heterocycles. The van der Waals surface area contributed by atoms with Crippen LogP contribution >= 0.6 is 0 Å². The van der Waals surface area contributed by atoms with Gasteiger partial charge in [-0.2, -0.15) is 0 Å². The normalized spacial score (nSPS) is 11.9. The Morgan fingerprint density at radius 1 is 0.491 bits per heavy atom. The largest absolute Gasteiger partial charge is 0.466 e. The first-order valence-electron chi connectivity index (χ1n) is 23.7. The molecule has 0 aliphatic heterocycles. The van der Waals surface area contributed by atoms with Crippen LogP contribution in [0.4, 0.5) is 0 Å². The molecular formula is C46H92N2O6S. The van der Waals surface area contributed by atoms with E-state index in [-0.39, 0.29) is 18.0 Å². The summed E-state index contributed by atoms with van der Waals surface area (Å²) in [6.07, 6.45) is 39.7. The standard InChI is InChI=1S/C46H92N2O6S/c1-5-8-11-14-17-26-33-43-53-45(49)37-29-22-18-24-31-40-48(42-34-39-47-55(4,51)52)41-32-25-19-23-30-38-46(50)54-44(35-27-20-15-12-9-6-2)36-28-21-16-13-10-7-3/h44,47H,5-43H2,1-4H3. The average Bonchev–Trinajstić information content (AvgIpc) is 3.15. The summed E-state index contributed by atoms with van der Waals surface area (Å²) in [5.74, 6) is -0.0550. The Morgan fingerprint density at radius 2 is 0.873 bits per heavy atom. The third-order valence-corrected chi connectivity index (χ3v) is 11.5. The van der Waals surface area contributed by atoms with Crippen molar-refractivity contribution in [2.45, 2.75) is 245 Å².